The van der Waals surface area contributed by atoms with E-state index in [9.17, 15) is 18.3 Å². The highest BCUT2D eigenvalue weighted by Crippen LogP contribution is 2.43. The largest absolute Gasteiger partial charge is 0.508 e. The van der Waals surface area contributed by atoms with Crippen molar-refractivity contribution in [1.29, 1.82) is 0 Å². The Morgan fingerprint density at radius 2 is 1.75 bits per heavy atom. The molecule has 0 unspecified atom stereocenters. The monoisotopic (exact) mass is 342 g/mol. The van der Waals surface area contributed by atoms with Crippen LogP contribution >= 0.6 is 0 Å². The molecule has 1 aliphatic carbocycles. The lowest BCUT2D eigenvalue weighted by Gasteiger charge is -2.41. The van der Waals surface area contributed by atoms with Gasteiger partial charge < -0.3 is 10.4 Å². The number of rotatable bonds is 3. The van der Waals surface area contributed by atoms with Gasteiger partial charge in [-0.3, -0.25) is 4.90 Å². The third-order valence-electron chi connectivity index (χ3n) is 5.31. The van der Waals surface area contributed by atoms with Gasteiger partial charge in [0.05, 0.1) is 5.56 Å². The van der Waals surface area contributed by atoms with Gasteiger partial charge in [-0.25, -0.2) is 0 Å². The molecule has 3 nitrogen and oxygen atoms in total. The van der Waals surface area contributed by atoms with Gasteiger partial charge in [-0.1, -0.05) is 19.3 Å². The first kappa shape index (κ1) is 17.5. The highest BCUT2D eigenvalue weighted by atomic mass is 19.4. The van der Waals surface area contributed by atoms with Crippen LogP contribution in [0.4, 0.5) is 13.2 Å². The number of halogens is 3. The number of nitrogens with one attached hydrogen (secondary N) is 1. The summed E-state index contributed by atoms with van der Waals surface area (Å²) in [5.74, 6) is 0.295. The van der Waals surface area contributed by atoms with Crippen molar-refractivity contribution in [2.75, 3.05) is 26.2 Å². The number of benzene rings is 1. The highest BCUT2D eigenvalue weighted by Gasteiger charge is 2.36. The van der Waals surface area contributed by atoms with Gasteiger partial charge in [0, 0.05) is 37.8 Å². The van der Waals surface area contributed by atoms with Gasteiger partial charge in [-0.2, -0.15) is 13.2 Å². The van der Waals surface area contributed by atoms with E-state index in [-0.39, 0.29) is 11.8 Å². The number of hydrogen-bond acceptors (Lipinski definition) is 3. The number of piperazine rings is 1. The SMILES string of the molecule is Oc1ccc(C(F)(F)F)cc1[C@H](C1CCCCC1)N1CCNCC1. The van der Waals surface area contributed by atoms with Crippen LogP contribution in [-0.4, -0.2) is 36.2 Å². The smallest absolute Gasteiger partial charge is 0.416 e. The molecule has 1 aromatic rings. The zero-order valence-electron chi connectivity index (χ0n) is 13.8. The fraction of sp³-hybridized carbons (Fsp3) is 0.667. The number of phenolic OH excluding ortho intramolecular Hbond substituents is 1. The Morgan fingerprint density at radius 1 is 1.08 bits per heavy atom. The Bertz CT molecular complexity index is 532. The standard InChI is InChI=1S/C18H25F3N2O/c19-18(20,21)14-6-7-16(24)15(12-14)17(13-4-2-1-3-5-13)23-10-8-22-9-11-23/h6-7,12-13,17,22,24H,1-5,8-11H2/t17-/m0/s1. The van der Waals surface area contributed by atoms with Crippen molar-refractivity contribution in [3.8, 4) is 5.75 Å². The zero-order chi connectivity index (χ0) is 17.2. The average Bonchev–Trinajstić information content (AvgIpc) is 2.58. The van der Waals surface area contributed by atoms with Gasteiger partial charge in [0.2, 0.25) is 0 Å². The summed E-state index contributed by atoms with van der Waals surface area (Å²) in [6.45, 7) is 3.28. The van der Waals surface area contributed by atoms with Crippen LogP contribution in [0, 0.1) is 5.92 Å². The molecule has 0 amide bonds. The van der Waals surface area contributed by atoms with Crippen LogP contribution < -0.4 is 5.32 Å². The molecule has 134 valence electrons. The highest BCUT2D eigenvalue weighted by molar-refractivity contribution is 5.40. The van der Waals surface area contributed by atoms with E-state index in [0.717, 1.165) is 64.0 Å². The molecule has 2 N–H and O–H groups in total. The summed E-state index contributed by atoms with van der Waals surface area (Å²) in [5, 5.41) is 13.6. The van der Waals surface area contributed by atoms with E-state index >= 15 is 0 Å². The van der Waals surface area contributed by atoms with Gasteiger partial charge in [0.25, 0.3) is 0 Å². The van der Waals surface area contributed by atoms with Gasteiger partial charge in [-0.15, -0.1) is 0 Å². The van der Waals surface area contributed by atoms with Crippen LogP contribution in [0.15, 0.2) is 18.2 Å². The first-order chi connectivity index (χ1) is 11.5. The van der Waals surface area contributed by atoms with E-state index in [1.54, 1.807) is 0 Å². The zero-order valence-corrected chi connectivity index (χ0v) is 13.8. The lowest BCUT2D eigenvalue weighted by atomic mass is 9.79. The van der Waals surface area contributed by atoms with Crippen molar-refractivity contribution >= 4 is 0 Å². The summed E-state index contributed by atoms with van der Waals surface area (Å²) < 4.78 is 39.4. The molecule has 0 spiro atoms. The molecule has 2 aliphatic rings. The number of aromatic hydroxyl groups is 1. The van der Waals surface area contributed by atoms with Gasteiger partial charge in [-0.05, 0) is 37.0 Å². The summed E-state index contributed by atoms with van der Waals surface area (Å²) in [5.41, 5.74) is -0.232. The topological polar surface area (TPSA) is 35.5 Å². The Balaban J connectivity index is 1.97. The molecule has 1 atom stereocenters. The van der Waals surface area contributed by atoms with Crippen LogP contribution in [0.3, 0.4) is 0 Å². The first-order valence-electron chi connectivity index (χ1n) is 8.81. The van der Waals surface area contributed by atoms with E-state index in [1.807, 2.05) is 0 Å². The van der Waals surface area contributed by atoms with Crippen molar-refractivity contribution in [2.45, 2.75) is 44.3 Å². The summed E-state index contributed by atoms with van der Waals surface area (Å²) in [6, 6.07) is 3.20. The maximum absolute atomic E-state index is 13.1. The van der Waals surface area contributed by atoms with Crippen LogP contribution in [0.25, 0.3) is 0 Å². The molecule has 3 rings (SSSR count). The van der Waals surface area contributed by atoms with E-state index in [2.05, 4.69) is 10.2 Å². The van der Waals surface area contributed by atoms with Crippen LogP contribution in [0.1, 0.15) is 49.3 Å². The van der Waals surface area contributed by atoms with E-state index < -0.39 is 11.7 Å². The normalized spacial score (nSPS) is 22.5. The molecular formula is C18H25F3N2O. The number of phenols is 1. The predicted molar refractivity (Wildman–Crippen MR) is 86.9 cm³/mol. The minimum Gasteiger partial charge on any atom is -0.508 e. The summed E-state index contributed by atoms with van der Waals surface area (Å²) in [4.78, 5) is 2.25. The quantitative estimate of drug-likeness (QED) is 0.873. The predicted octanol–water partition coefficient (Wildman–Crippen LogP) is 3.94. The first-order valence-corrected chi connectivity index (χ1v) is 8.81. The molecule has 1 saturated heterocycles. The molecule has 1 heterocycles. The van der Waals surface area contributed by atoms with E-state index in [0.29, 0.717) is 11.5 Å². The fourth-order valence-corrected chi connectivity index (χ4v) is 4.13. The molecular weight excluding hydrogens is 317 g/mol. The van der Waals surface area contributed by atoms with Crippen molar-refractivity contribution in [3.63, 3.8) is 0 Å². The van der Waals surface area contributed by atoms with E-state index in [4.69, 9.17) is 0 Å². The Labute approximate surface area is 140 Å². The molecule has 1 saturated carbocycles. The second-order valence-electron chi connectivity index (χ2n) is 6.90. The van der Waals surface area contributed by atoms with Crippen molar-refractivity contribution < 1.29 is 18.3 Å². The Hall–Kier alpha value is -1.27. The molecule has 0 bridgehead atoms. The fourth-order valence-electron chi connectivity index (χ4n) is 4.13. The average molecular weight is 342 g/mol. The summed E-state index contributed by atoms with van der Waals surface area (Å²) in [6.07, 6.45) is 1.08. The van der Waals surface area contributed by atoms with E-state index in [1.165, 1.54) is 12.5 Å². The maximum Gasteiger partial charge on any atom is 0.416 e. The third-order valence-corrected chi connectivity index (χ3v) is 5.31. The maximum atomic E-state index is 13.1. The van der Waals surface area contributed by atoms with Gasteiger partial charge in [0.1, 0.15) is 5.75 Å². The third kappa shape index (κ3) is 3.86. The van der Waals surface area contributed by atoms with Crippen molar-refractivity contribution in [2.24, 2.45) is 5.92 Å². The lowest BCUT2D eigenvalue weighted by molar-refractivity contribution is -0.137. The number of nitrogens with zero attached hydrogens (tertiary/aromatic N) is 1. The van der Waals surface area contributed by atoms with Gasteiger partial charge in [0.15, 0.2) is 0 Å². The van der Waals surface area contributed by atoms with Crippen LogP contribution in [-0.2, 0) is 6.18 Å². The molecule has 6 heteroatoms. The second-order valence-corrected chi connectivity index (χ2v) is 6.90. The van der Waals surface area contributed by atoms with Crippen molar-refractivity contribution in [3.05, 3.63) is 29.3 Å². The van der Waals surface area contributed by atoms with Gasteiger partial charge >= 0.3 is 6.18 Å². The number of hydrogen-bond donors (Lipinski definition) is 2. The minimum absolute atomic E-state index is 0.0166. The number of alkyl halides is 3. The van der Waals surface area contributed by atoms with Crippen LogP contribution in [0.2, 0.25) is 0 Å². The van der Waals surface area contributed by atoms with Crippen LogP contribution in [0.5, 0.6) is 5.75 Å². The second kappa shape index (κ2) is 7.31. The Kier molecular flexibility index (Phi) is 5.35. The molecule has 24 heavy (non-hydrogen) atoms. The minimum atomic E-state index is -4.39. The summed E-state index contributed by atoms with van der Waals surface area (Å²) >= 11 is 0. The molecule has 1 aliphatic heterocycles. The summed E-state index contributed by atoms with van der Waals surface area (Å²) in [7, 11) is 0. The Morgan fingerprint density at radius 3 is 2.38 bits per heavy atom. The van der Waals surface area contributed by atoms with Crippen molar-refractivity contribution in [1.82, 2.24) is 10.2 Å². The lowest BCUT2D eigenvalue weighted by Crippen LogP contribution is -2.47. The molecule has 2 fully saturated rings. The molecule has 0 radical (unpaired) electrons. The molecule has 1 aromatic carbocycles. The molecule has 0 aromatic heterocycles.